The Bertz CT molecular complexity index is 1520. The second-order valence-electron chi connectivity index (χ2n) is 8.80. The molecule has 0 aliphatic carbocycles. The summed E-state index contributed by atoms with van der Waals surface area (Å²) in [6.07, 6.45) is 0. The van der Waals surface area contributed by atoms with Gasteiger partial charge in [-0.2, -0.15) is 0 Å². The van der Waals surface area contributed by atoms with E-state index in [4.69, 9.17) is 10.7 Å². The Labute approximate surface area is 219 Å². The Morgan fingerprint density at radius 2 is 1.50 bits per heavy atom. The lowest BCUT2D eigenvalue weighted by molar-refractivity contribution is -0.130. The summed E-state index contributed by atoms with van der Waals surface area (Å²) in [6, 6.07) is 20.8. The quantitative estimate of drug-likeness (QED) is 0.217. The van der Waals surface area contributed by atoms with Crippen LogP contribution >= 0.6 is 0 Å². The maximum absolute atomic E-state index is 13.1. The summed E-state index contributed by atoms with van der Waals surface area (Å²) in [7, 11) is 0. The summed E-state index contributed by atoms with van der Waals surface area (Å²) in [4.78, 5) is 53.5. The number of benzene rings is 3. The smallest absolute Gasteiger partial charge is 0.253 e. The molecule has 6 N–H and O–H groups in total. The molecule has 10 heteroatoms. The number of para-hydroxylation sites is 3. The second kappa shape index (κ2) is 11.4. The van der Waals surface area contributed by atoms with E-state index in [9.17, 15) is 19.2 Å². The van der Waals surface area contributed by atoms with Crippen molar-refractivity contribution >= 4 is 56.8 Å². The molecule has 0 saturated carbocycles. The van der Waals surface area contributed by atoms with Crippen LogP contribution in [0.2, 0.25) is 0 Å². The molecule has 4 amide bonds. The van der Waals surface area contributed by atoms with Crippen molar-refractivity contribution in [3.05, 3.63) is 78.4 Å². The van der Waals surface area contributed by atoms with Gasteiger partial charge in [0.05, 0.1) is 28.8 Å². The lowest BCUT2D eigenvalue weighted by Gasteiger charge is -2.17. The number of nitrogens with one attached hydrogen (secondary N) is 4. The Morgan fingerprint density at radius 1 is 0.816 bits per heavy atom. The van der Waals surface area contributed by atoms with Crippen molar-refractivity contribution in [3.63, 3.8) is 0 Å². The van der Waals surface area contributed by atoms with Gasteiger partial charge in [0.15, 0.2) is 0 Å². The number of carbonyl (C=O) groups is 4. The van der Waals surface area contributed by atoms with Crippen LogP contribution in [0.5, 0.6) is 0 Å². The minimum atomic E-state index is -0.932. The monoisotopic (exact) mass is 512 g/mol. The van der Waals surface area contributed by atoms with E-state index in [0.29, 0.717) is 16.6 Å². The van der Waals surface area contributed by atoms with Gasteiger partial charge in [-0.3, -0.25) is 19.2 Å². The molecule has 0 bridgehead atoms. The van der Waals surface area contributed by atoms with Gasteiger partial charge in [-0.15, -0.1) is 0 Å². The number of fused-ring (bicyclic) bond motifs is 2. The van der Waals surface area contributed by atoms with Crippen LogP contribution in [0.25, 0.3) is 21.8 Å². The van der Waals surface area contributed by atoms with Gasteiger partial charge in [-0.05, 0) is 38.1 Å². The third-order valence-corrected chi connectivity index (χ3v) is 5.96. The molecule has 0 saturated heterocycles. The zero-order chi connectivity index (χ0) is 27.2. The van der Waals surface area contributed by atoms with Gasteiger partial charge < -0.3 is 27.0 Å². The van der Waals surface area contributed by atoms with Crippen molar-refractivity contribution in [1.29, 1.82) is 0 Å². The highest BCUT2D eigenvalue weighted by molar-refractivity contribution is 6.15. The molecule has 0 spiro atoms. The van der Waals surface area contributed by atoms with Crippen molar-refractivity contribution in [1.82, 2.24) is 20.9 Å². The van der Waals surface area contributed by atoms with E-state index in [1.807, 2.05) is 60.7 Å². The predicted molar refractivity (Wildman–Crippen MR) is 146 cm³/mol. The summed E-state index contributed by atoms with van der Waals surface area (Å²) in [6.45, 7) is 2.54. The molecule has 38 heavy (non-hydrogen) atoms. The van der Waals surface area contributed by atoms with Crippen molar-refractivity contribution in [3.8, 4) is 0 Å². The minimum Gasteiger partial charge on any atom is -0.368 e. The summed E-state index contributed by atoms with van der Waals surface area (Å²) in [5.74, 6) is -2.32. The van der Waals surface area contributed by atoms with Crippen LogP contribution < -0.4 is 27.0 Å². The summed E-state index contributed by atoms with van der Waals surface area (Å²) < 4.78 is 0. The molecule has 4 aromatic rings. The normalized spacial score (nSPS) is 12.4. The summed E-state index contributed by atoms with van der Waals surface area (Å²) in [5, 5.41) is 12.6. The number of hydrogen-bond acceptors (Lipinski definition) is 6. The highest BCUT2D eigenvalue weighted by Gasteiger charge is 2.21. The number of aromatic nitrogens is 1. The standard InChI is InChI=1S/C28H28N6O4/c1-16(26(29)36)32-27(37)17(2)31-23(35)15-30-28(38)21-13-8-12-20-24(33-18-9-4-3-5-10-18)19-11-6-7-14-22(19)34-25(20)21/h3-14,16-17H,15H2,1-2H3,(H2,29,36)(H,30,38)(H,31,35)(H,32,37)(H,33,34)/t16-,17-/m0/s1. The number of amides is 4. The molecule has 194 valence electrons. The van der Waals surface area contributed by atoms with E-state index in [1.54, 1.807) is 12.1 Å². The number of hydrogen-bond donors (Lipinski definition) is 5. The summed E-state index contributed by atoms with van der Waals surface area (Å²) >= 11 is 0. The molecule has 3 aromatic carbocycles. The maximum atomic E-state index is 13.1. The van der Waals surface area contributed by atoms with Crippen molar-refractivity contribution in [2.24, 2.45) is 5.73 Å². The topological polar surface area (TPSA) is 155 Å². The Kier molecular flexibility index (Phi) is 7.81. The first-order valence-corrected chi connectivity index (χ1v) is 12.1. The van der Waals surface area contributed by atoms with Gasteiger partial charge in [0.2, 0.25) is 17.7 Å². The van der Waals surface area contributed by atoms with E-state index >= 15 is 0 Å². The number of pyridine rings is 1. The van der Waals surface area contributed by atoms with Gasteiger partial charge in [0.1, 0.15) is 12.1 Å². The van der Waals surface area contributed by atoms with Crippen molar-refractivity contribution < 1.29 is 19.2 Å². The zero-order valence-electron chi connectivity index (χ0n) is 20.9. The molecule has 0 aliphatic rings. The van der Waals surface area contributed by atoms with Crippen LogP contribution in [-0.2, 0) is 14.4 Å². The zero-order valence-corrected chi connectivity index (χ0v) is 20.9. The van der Waals surface area contributed by atoms with E-state index in [2.05, 4.69) is 21.3 Å². The molecule has 2 atom stereocenters. The van der Waals surface area contributed by atoms with E-state index in [-0.39, 0.29) is 6.54 Å². The molecular formula is C28H28N6O4. The third-order valence-electron chi connectivity index (χ3n) is 5.96. The van der Waals surface area contributed by atoms with Gasteiger partial charge >= 0.3 is 0 Å². The van der Waals surface area contributed by atoms with Gasteiger partial charge in [-0.1, -0.05) is 48.5 Å². The molecule has 1 aromatic heterocycles. The van der Waals surface area contributed by atoms with E-state index in [0.717, 1.165) is 22.1 Å². The Morgan fingerprint density at radius 3 is 2.24 bits per heavy atom. The maximum Gasteiger partial charge on any atom is 0.253 e. The molecule has 0 fully saturated rings. The minimum absolute atomic E-state index is 0.304. The average Bonchev–Trinajstić information content (AvgIpc) is 2.91. The lowest BCUT2D eigenvalue weighted by atomic mass is 10.0. The summed E-state index contributed by atoms with van der Waals surface area (Å²) in [5.41, 5.74) is 8.34. The van der Waals surface area contributed by atoms with E-state index in [1.165, 1.54) is 13.8 Å². The first kappa shape index (κ1) is 26.1. The predicted octanol–water partition coefficient (Wildman–Crippen LogP) is 2.36. The first-order valence-electron chi connectivity index (χ1n) is 12.1. The average molecular weight is 513 g/mol. The number of nitrogens with two attached hydrogens (primary N) is 1. The van der Waals surface area contributed by atoms with Crippen LogP contribution in [-0.4, -0.2) is 47.2 Å². The number of primary amides is 1. The SMILES string of the molecule is C[C@H](NC(=O)[C@H](C)NC(=O)CNC(=O)c1cccc2c(Nc3ccccc3)c3ccccc3nc12)C(N)=O. The van der Waals surface area contributed by atoms with Crippen LogP contribution in [0.1, 0.15) is 24.2 Å². The highest BCUT2D eigenvalue weighted by Crippen LogP contribution is 2.34. The highest BCUT2D eigenvalue weighted by atomic mass is 16.2. The molecule has 0 unspecified atom stereocenters. The third kappa shape index (κ3) is 5.86. The van der Waals surface area contributed by atoms with Crippen LogP contribution in [0.3, 0.4) is 0 Å². The molecule has 4 rings (SSSR count). The fourth-order valence-electron chi connectivity index (χ4n) is 3.92. The number of anilines is 2. The van der Waals surface area contributed by atoms with Crippen molar-refractivity contribution in [2.75, 3.05) is 11.9 Å². The Balaban J connectivity index is 1.54. The molecule has 1 heterocycles. The number of carbonyl (C=O) groups excluding carboxylic acids is 4. The van der Waals surface area contributed by atoms with Crippen LogP contribution in [0.15, 0.2) is 72.8 Å². The molecule has 10 nitrogen and oxygen atoms in total. The second-order valence-corrected chi connectivity index (χ2v) is 8.80. The van der Waals surface area contributed by atoms with Crippen LogP contribution in [0, 0.1) is 0 Å². The fraction of sp³-hybridized carbons (Fsp3) is 0.179. The molecule has 0 radical (unpaired) electrons. The first-order chi connectivity index (χ1) is 18.2. The Hall–Kier alpha value is -4.99. The molecule has 0 aliphatic heterocycles. The van der Waals surface area contributed by atoms with Crippen LogP contribution in [0.4, 0.5) is 11.4 Å². The fourth-order valence-corrected chi connectivity index (χ4v) is 3.92. The molecular weight excluding hydrogens is 484 g/mol. The van der Waals surface area contributed by atoms with E-state index < -0.39 is 35.7 Å². The van der Waals surface area contributed by atoms with Gasteiger partial charge in [0.25, 0.3) is 5.91 Å². The largest absolute Gasteiger partial charge is 0.368 e. The number of nitrogens with zero attached hydrogens (tertiary/aromatic N) is 1. The van der Waals surface area contributed by atoms with Gasteiger partial charge in [0, 0.05) is 16.5 Å². The number of rotatable bonds is 9. The lowest BCUT2D eigenvalue weighted by Crippen LogP contribution is -2.52. The van der Waals surface area contributed by atoms with Gasteiger partial charge in [-0.25, -0.2) is 4.98 Å². The van der Waals surface area contributed by atoms with Crippen molar-refractivity contribution in [2.45, 2.75) is 25.9 Å².